The van der Waals surface area contributed by atoms with Gasteiger partial charge in [-0.1, -0.05) is 0 Å². The molecule has 0 bridgehead atoms. The Balaban J connectivity index is 2.31. The lowest BCUT2D eigenvalue weighted by atomic mass is 9.96. The molecule has 0 aromatic carbocycles. The minimum Gasteiger partial charge on any atom is -0.377 e. The fourth-order valence-electron chi connectivity index (χ4n) is 2.11. The van der Waals surface area contributed by atoms with E-state index in [9.17, 15) is 0 Å². The minimum atomic E-state index is -2.32. The third-order valence-electron chi connectivity index (χ3n) is 3.25. The molecule has 0 amide bonds. The largest absolute Gasteiger partial charge is 0.500 e. The van der Waals surface area contributed by atoms with E-state index in [0.29, 0.717) is 0 Å². The van der Waals surface area contributed by atoms with E-state index >= 15 is 0 Å². The summed E-state index contributed by atoms with van der Waals surface area (Å²) in [5.74, 6) is 0.804. The molecule has 1 saturated heterocycles. The molecule has 1 aliphatic heterocycles. The minimum absolute atomic E-state index is 0.804. The Morgan fingerprint density at radius 2 is 1.60 bits per heavy atom. The summed E-state index contributed by atoms with van der Waals surface area (Å²) < 4.78 is 16.2. The summed E-state index contributed by atoms with van der Waals surface area (Å²) in [6.07, 6.45) is 3.69. The lowest BCUT2D eigenvalue weighted by Gasteiger charge is -2.28. The van der Waals surface area contributed by atoms with Crippen molar-refractivity contribution < 1.29 is 13.3 Å². The second-order valence-corrected chi connectivity index (χ2v) is 7.12. The maximum Gasteiger partial charge on any atom is 0.500 e. The Bertz CT molecular complexity index is 162. The van der Waals surface area contributed by atoms with E-state index in [0.717, 1.165) is 31.5 Å². The van der Waals surface area contributed by atoms with E-state index in [2.05, 4.69) is 5.32 Å². The smallest absolute Gasteiger partial charge is 0.377 e. The summed E-state index contributed by atoms with van der Waals surface area (Å²) in [6.45, 7) is 2.29. The quantitative estimate of drug-likeness (QED) is 0.701. The normalized spacial score (nSPS) is 19.4. The van der Waals surface area contributed by atoms with Crippen LogP contribution < -0.4 is 5.32 Å². The van der Waals surface area contributed by atoms with Crippen molar-refractivity contribution in [3.05, 3.63) is 0 Å². The fraction of sp³-hybridized carbons (Fsp3) is 1.00. The van der Waals surface area contributed by atoms with Gasteiger partial charge in [0.25, 0.3) is 0 Å². The fourth-order valence-corrected chi connectivity index (χ4v) is 3.98. The Kier molecular flexibility index (Phi) is 5.77. The van der Waals surface area contributed by atoms with Gasteiger partial charge in [-0.2, -0.15) is 0 Å². The number of hydrogen-bond donors (Lipinski definition) is 1. The molecule has 90 valence electrons. The van der Waals surface area contributed by atoms with Crippen molar-refractivity contribution in [3.8, 4) is 0 Å². The maximum absolute atomic E-state index is 5.41. The van der Waals surface area contributed by atoms with Crippen LogP contribution in [-0.2, 0) is 13.3 Å². The van der Waals surface area contributed by atoms with Crippen LogP contribution in [-0.4, -0.2) is 43.2 Å². The van der Waals surface area contributed by atoms with Crippen LogP contribution in [0.2, 0.25) is 6.04 Å². The highest BCUT2D eigenvalue weighted by Gasteiger charge is 2.37. The highest BCUT2D eigenvalue weighted by molar-refractivity contribution is 6.60. The Labute approximate surface area is 93.7 Å². The molecule has 0 saturated carbocycles. The van der Waals surface area contributed by atoms with Gasteiger partial charge in [-0.25, -0.2) is 0 Å². The predicted octanol–water partition coefficient (Wildman–Crippen LogP) is 1.25. The van der Waals surface area contributed by atoms with Gasteiger partial charge in [0, 0.05) is 27.4 Å². The van der Waals surface area contributed by atoms with Crippen molar-refractivity contribution in [3.63, 3.8) is 0 Å². The molecule has 1 rings (SSSR count). The summed E-state index contributed by atoms with van der Waals surface area (Å²) in [5, 5.41) is 3.37. The van der Waals surface area contributed by atoms with Crippen LogP contribution in [0, 0.1) is 5.92 Å². The molecular weight excluding hydrogens is 210 g/mol. The van der Waals surface area contributed by atoms with Crippen LogP contribution in [0.25, 0.3) is 0 Å². The van der Waals surface area contributed by atoms with Crippen LogP contribution in [0.3, 0.4) is 0 Å². The van der Waals surface area contributed by atoms with E-state index in [1.54, 1.807) is 21.3 Å². The Morgan fingerprint density at radius 3 is 2.07 bits per heavy atom. The molecule has 0 aliphatic carbocycles. The zero-order valence-electron chi connectivity index (χ0n) is 10.0. The maximum atomic E-state index is 5.41. The first-order valence-corrected chi connectivity index (χ1v) is 7.55. The molecule has 5 heteroatoms. The number of nitrogens with one attached hydrogen (secondary N) is 1. The predicted molar refractivity (Wildman–Crippen MR) is 61.8 cm³/mol. The summed E-state index contributed by atoms with van der Waals surface area (Å²) in [4.78, 5) is 0. The van der Waals surface area contributed by atoms with Crippen LogP contribution in [0.4, 0.5) is 0 Å². The van der Waals surface area contributed by atoms with Gasteiger partial charge in [0.1, 0.15) is 0 Å². The molecule has 0 aromatic heterocycles. The first kappa shape index (κ1) is 13.1. The lowest BCUT2D eigenvalue weighted by Crippen LogP contribution is -2.43. The SMILES string of the molecule is CO[Si](CCC1CCNCC1)(OC)OC. The number of piperidine rings is 1. The Morgan fingerprint density at radius 1 is 1.07 bits per heavy atom. The summed E-state index contributed by atoms with van der Waals surface area (Å²) in [7, 11) is 2.72. The standard InChI is InChI=1S/C10H23NO3Si/c1-12-15(13-2,14-3)9-6-10-4-7-11-8-5-10/h10-11H,4-9H2,1-3H3. The first-order valence-electron chi connectivity index (χ1n) is 5.62. The van der Waals surface area contributed by atoms with E-state index in [-0.39, 0.29) is 0 Å². The van der Waals surface area contributed by atoms with Gasteiger partial charge in [-0.3, -0.25) is 0 Å². The number of hydrogen-bond acceptors (Lipinski definition) is 4. The van der Waals surface area contributed by atoms with Gasteiger partial charge in [0.05, 0.1) is 0 Å². The summed E-state index contributed by atoms with van der Waals surface area (Å²) >= 11 is 0. The summed E-state index contributed by atoms with van der Waals surface area (Å²) in [6, 6.07) is 0.932. The molecule has 1 N–H and O–H groups in total. The molecule has 15 heavy (non-hydrogen) atoms. The number of rotatable bonds is 6. The van der Waals surface area contributed by atoms with Gasteiger partial charge >= 0.3 is 8.80 Å². The van der Waals surface area contributed by atoms with Crippen molar-refractivity contribution in [1.29, 1.82) is 0 Å². The van der Waals surface area contributed by atoms with E-state index in [4.69, 9.17) is 13.3 Å². The van der Waals surface area contributed by atoms with E-state index in [1.165, 1.54) is 12.8 Å². The Hall–Kier alpha value is 0.0569. The van der Waals surface area contributed by atoms with Gasteiger partial charge in [-0.15, -0.1) is 0 Å². The van der Waals surface area contributed by atoms with Crippen LogP contribution in [0.1, 0.15) is 19.3 Å². The second-order valence-electron chi connectivity index (χ2n) is 4.03. The van der Waals surface area contributed by atoms with Crippen molar-refractivity contribution in [2.45, 2.75) is 25.3 Å². The van der Waals surface area contributed by atoms with Crippen molar-refractivity contribution in [1.82, 2.24) is 5.32 Å². The molecule has 0 radical (unpaired) electrons. The van der Waals surface area contributed by atoms with Crippen LogP contribution >= 0.6 is 0 Å². The molecule has 0 aromatic rings. The monoisotopic (exact) mass is 233 g/mol. The lowest BCUT2D eigenvalue weighted by molar-refractivity contribution is 0.120. The highest BCUT2D eigenvalue weighted by Crippen LogP contribution is 2.24. The third kappa shape index (κ3) is 3.84. The molecule has 4 nitrogen and oxygen atoms in total. The average Bonchev–Trinajstić information content (AvgIpc) is 2.33. The second kappa shape index (κ2) is 6.60. The molecule has 0 spiro atoms. The molecule has 0 unspecified atom stereocenters. The van der Waals surface area contributed by atoms with Gasteiger partial charge in [-0.05, 0) is 38.3 Å². The molecule has 0 atom stereocenters. The topological polar surface area (TPSA) is 39.7 Å². The highest BCUT2D eigenvalue weighted by atomic mass is 28.4. The van der Waals surface area contributed by atoms with Gasteiger partial charge in [0.2, 0.25) is 0 Å². The van der Waals surface area contributed by atoms with Gasteiger partial charge < -0.3 is 18.6 Å². The zero-order chi connectivity index (χ0) is 11.1. The first-order chi connectivity index (χ1) is 7.26. The molecule has 1 aliphatic rings. The molecule has 1 heterocycles. The van der Waals surface area contributed by atoms with Crippen LogP contribution in [0.15, 0.2) is 0 Å². The van der Waals surface area contributed by atoms with Crippen molar-refractivity contribution in [2.75, 3.05) is 34.4 Å². The molecular formula is C10H23NO3Si. The zero-order valence-corrected chi connectivity index (χ0v) is 11.0. The van der Waals surface area contributed by atoms with Crippen molar-refractivity contribution >= 4 is 8.80 Å². The average molecular weight is 233 g/mol. The third-order valence-corrected chi connectivity index (χ3v) is 6.02. The van der Waals surface area contributed by atoms with Crippen molar-refractivity contribution in [2.24, 2.45) is 5.92 Å². The summed E-state index contributed by atoms with van der Waals surface area (Å²) in [5.41, 5.74) is 0. The van der Waals surface area contributed by atoms with E-state index in [1.807, 2.05) is 0 Å². The van der Waals surface area contributed by atoms with Gasteiger partial charge in [0.15, 0.2) is 0 Å². The molecule has 1 fully saturated rings. The van der Waals surface area contributed by atoms with Crippen LogP contribution in [0.5, 0.6) is 0 Å². The van der Waals surface area contributed by atoms with E-state index < -0.39 is 8.80 Å².